The molecule has 0 spiro atoms. The van der Waals surface area contributed by atoms with Crippen molar-refractivity contribution in [2.45, 2.75) is 26.3 Å². The van der Waals surface area contributed by atoms with Gasteiger partial charge in [0.15, 0.2) is 0 Å². The van der Waals surface area contributed by atoms with E-state index in [9.17, 15) is 9.59 Å². The van der Waals surface area contributed by atoms with E-state index in [-0.39, 0.29) is 24.9 Å². The zero-order chi connectivity index (χ0) is 13.4. The number of thiophene rings is 1. The molecule has 1 aromatic rings. The normalized spacial score (nSPS) is 11.7. The van der Waals surface area contributed by atoms with Crippen molar-refractivity contribution in [3.05, 3.63) is 22.4 Å². The molecule has 0 aliphatic carbocycles. The van der Waals surface area contributed by atoms with Gasteiger partial charge in [-0.05, 0) is 25.3 Å². The van der Waals surface area contributed by atoms with Crippen LogP contribution < -0.4 is 10.6 Å². The first kappa shape index (κ1) is 14.5. The Morgan fingerprint density at radius 2 is 2.28 bits per heavy atom. The number of ether oxygens (including phenoxy) is 1. The lowest BCUT2D eigenvalue weighted by atomic mass is 10.2. The standard InChI is InChI=1S/C12H18N2O3S/c1-3-17-12(16)13-7-6-11(15)14-9(2)10-5-4-8-18-10/h4-5,8-9H,3,6-7H2,1-2H3,(H,13,16)(H,14,15)/t9-/m0/s1. The van der Waals surface area contributed by atoms with Crippen LogP contribution in [0.3, 0.4) is 0 Å². The van der Waals surface area contributed by atoms with Crippen molar-refractivity contribution < 1.29 is 14.3 Å². The fraction of sp³-hybridized carbons (Fsp3) is 0.500. The maximum atomic E-state index is 11.6. The lowest BCUT2D eigenvalue weighted by molar-refractivity contribution is -0.121. The Labute approximate surface area is 111 Å². The molecule has 1 rings (SSSR count). The molecule has 0 aromatic carbocycles. The van der Waals surface area contributed by atoms with Gasteiger partial charge in [-0.15, -0.1) is 11.3 Å². The number of amides is 2. The molecule has 100 valence electrons. The van der Waals surface area contributed by atoms with Crippen molar-refractivity contribution in [1.82, 2.24) is 10.6 Å². The SMILES string of the molecule is CCOC(=O)NCCC(=O)N[C@@H](C)c1cccs1. The Kier molecular flexibility index (Phi) is 6.21. The van der Waals surface area contributed by atoms with Crippen LogP contribution in [0.15, 0.2) is 17.5 Å². The molecule has 1 atom stereocenters. The van der Waals surface area contributed by atoms with Crippen molar-refractivity contribution in [1.29, 1.82) is 0 Å². The van der Waals surface area contributed by atoms with E-state index in [1.807, 2.05) is 24.4 Å². The van der Waals surface area contributed by atoms with Gasteiger partial charge in [0.1, 0.15) is 0 Å². The number of alkyl carbamates (subject to hydrolysis) is 1. The van der Waals surface area contributed by atoms with E-state index in [0.717, 1.165) is 4.88 Å². The van der Waals surface area contributed by atoms with E-state index in [1.54, 1.807) is 18.3 Å². The summed E-state index contributed by atoms with van der Waals surface area (Å²) in [5, 5.41) is 7.34. The van der Waals surface area contributed by atoms with E-state index in [4.69, 9.17) is 0 Å². The Hall–Kier alpha value is -1.56. The van der Waals surface area contributed by atoms with Crippen LogP contribution >= 0.6 is 11.3 Å². The van der Waals surface area contributed by atoms with Crippen LogP contribution in [-0.2, 0) is 9.53 Å². The van der Waals surface area contributed by atoms with E-state index >= 15 is 0 Å². The minimum Gasteiger partial charge on any atom is -0.450 e. The zero-order valence-corrected chi connectivity index (χ0v) is 11.4. The van der Waals surface area contributed by atoms with Crippen LogP contribution in [0.25, 0.3) is 0 Å². The van der Waals surface area contributed by atoms with Gasteiger partial charge in [0, 0.05) is 17.8 Å². The summed E-state index contributed by atoms with van der Waals surface area (Å²) in [7, 11) is 0. The molecule has 0 unspecified atom stereocenters. The molecule has 2 N–H and O–H groups in total. The minimum atomic E-state index is -0.489. The molecule has 6 heteroatoms. The monoisotopic (exact) mass is 270 g/mol. The molecule has 0 radical (unpaired) electrons. The smallest absolute Gasteiger partial charge is 0.407 e. The van der Waals surface area contributed by atoms with Crippen LogP contribution in [0, 0.1) is 0 Å². The average molecular weight is 270 g/mol. The van der Waals surface area contributed by atoms with Crippen molar-refractivity contribution >= 4 is 23.3 Å². The topological polar surface area (TPSA) is 67.4 Å². The number of nitrogens with one attached hydrogen (secondary N) is 2. The molecular formula is C12H18N2O3S. The quantitative estimate of drug-likeness (QED) is 0.831. The number of carbonyl (C=O) groups is 2. The summed E-state index contributed by atoms with van der Waals surface area (Å²) < 4.78 is 4.68. The third-order valence-electron chi connectivity index (χ3n) is 2.24. The molecule has 0 saturated carbocycles. The first-order valence-electron chi connectivity index (χ1n) is 5.87. The van der Waals surface area contributed by atoms with E-state index in [1.165, 1.54) is 0 Å². The molecule has 2 amide bonds. The molecule has 0 aliphatic rings. The van der Waals surface area contributed by atoms with Crippen LogP contribution in [0.2, 0.25) is 0 Å². The fourth-order valence-corrected chi connectivity index (χ4v) is 2.12. The zero-order valence-electron chi connectivity index (χ0n) is 10.6. The number of hydrogen-bond donors (Lipinski definition) is 2. The first-order chi connectivity index (χ1) is 8.63. The van der Waals surface area contributed by atoms with Crippen molar-refractivity contribution in [2.75, 3.05) is 13.2 Å². The van der Waals surface area contributed by atoms with Gasteiger partial charge in [0.05, 0.1) is 12.6 Å². The molecule has 0 saturated heterocycles. The summed E-state index contributed by atoms with van der Waals surface area (Å²) in [5.41, 5.74) is 0. The first-order valence-corrected chi connectivity index (χ1v) is 6.74. The Morgan fingerprint density at radius 1 is 1.50 bits per heavy atom. The largest absolute Gasteiger partial charge is 0.450 e. The third kappa shape index (κ3) is 5.18. The number of rotatable bonds is 6. The van der Waals surface area contributed by atoms with E-state index in [0.29, 0.717) is 6.61 Å². The lowest BCUT2D eigenvalue weighted by Crippen LogP contribution is -2.32. The minimum absolute atomic E-state index is 0.0000864. The van der Waals surface area contributed by atoms with Gasteiger partial charge in [0.2, 0.25) is 5.91 Å². The highest BCUT2D eigenvalue weighted by molar-refractivity contribution is 7.10. The second-order valence-electron chi connectivity index (χ2n) is 3.70. The molecule has 5 nitrogen and oxygen atoms in total. The van der Waals surface area contributed by atoms with Gasteiger partial charge < -0.3 is 15.4 Å². The summed E-state index contributed by atoms with van der Waals surface area (Å²) in [6, 6.07) is 3.93. The Morgan fingerprint density at radius 3 is 2.89 bits per heavy atom. The molecular weight excluding hydrogens is 252 g/mol. The molecule has 18 heavy (non-hydrogen) atoms. The Balaban J connectivity index is 2.20. The van der Waals surface area contributed by atoms with Crippen LogP contribution in [0.1, 0.15) is 31.2 Å². The number of carbonyl (C=O) groups excluding carboxylic acids is 2. The van der Waals surface area contributed by atoms with E-state index in [2.05, 4.69) is 15.4 Å². The van der Waals surface area contributed by atoms with Crippen LogP contribution in [0.4, 0.5) is 4.79 Å². The van der Waals surface area contributed by atoms with Crippen molar-refractivity contribution in [3.8, 4) is 0 Å². The van der Waals surface area contributed by atoms with Gasteiger partial charge in [-0.2, -0.15) is 0 Å². The fourth-order valence-electron chi connectivity index (χ4n) is 1.38. The highest BCUT2D eigenvalue weighted by atomic mass is 32.1. The summed E-state index contributed by atoms with van der Waals surface area (Å²) in [5.74, 6) is -0.0901. The van der Waals surface area contributed by atoms with E-state index < -0.39 is 6.09 Å². The molecule has 0 fully saturated rings. The van der Waals surface area contributed by atoms with Gasteiger partial charge in [-0.25, -0.2) is 4.79 Å². The summed E-state index contributed by atoms with van der Waals surface area (Å²) in [6.07, 6.45) is -0.245. The summed E-state index contributed by atoms with van der Waals surface area (Å²) >= 11 is 1.60. The number of hydrogen-bond acceptors (Lipinski definition) is 4. The second-order valence-corrected chi connectivity index (χ2v) is 4.68. The molecule has 1 heterocycles. The maximum Gasteiger partial charge on any atom is 0.407 e. The average Bonchev–Trinajstić information content (AvgIpc) is 2.82. The maximum absolute atomic E-state index is 11.6. The molecule has 1 aromatic heterocycles. The highest BCUT2D eigenvalue weighted by Crippen LogP contribution is 2.17. The Bertz CT molecular complexity index is 379. The predicted molar refractivity (Wildman–Crippen MR) is 70.5 cm³/mol. The second kappa shape index (κ2) is 7.71. The van der Waals surface area contributed by atoms with Gasteiger partial charge >= 0.3 is 6.09 Å². The summed E-state index contributed by atoms with van der Waals surface area (Å²) in [4.78, 5) is 23.7. The highest BCUT2D eigenvalue weighted by Gasteiger charge is 2.10. The lowest BCUT2D eigenvalue weighted by Gasteiger charge is -2.12. The molecule has 0 aliphatic heterocycles. The predicted octanol–water partition coefficient (Wildman–Crippen LogP) is 2.06. The van der Waals surface area contributed by atoms with Crippen molar-refractivity contribution in [2.24, 2.45) is 0 Å². The third-order valence-corrected chi connectivity index (χ3v) is 3.30. The van der Waals surface area contributed by atoms with Gasteiger partial charge in [-0.3, -0.25) is 4.79 Å². The van der Waals surface area contributed by atoms with Crippen molar-refractivity contribution in [3.63, 3.8) is 0 Å². The van der Waals surface area contributed by atoms with Gasteiger partial charge in [0.25, 0.3) is 0 Å². The van der Waals surface area contributed by atoms with Crippen LogP contribution in [-0.4, -0.2) is 25.2 Å². The van der Waals surface area contributed by atoms with Crippen LogP contribution in [0.5, 0.6) is 0 Å². The van der Waals surface area contributed by atoms with Gasteiger partial charge in [-0.1, -0.05) is 6.07 Å². The summed E-state index contributed by atoms with van der Waals surface area (Å²) in [6.45, 7) is 4.27. The molecule has 0 bridgehead atoms.